The fourth-order valence-corrected chi connectivity index (χ4v) is 13.5. The summed E-state index contributed by atoms with van der Waals surface area (Å²) in [5, 5.41) is 5.28. The molecule has 0 spiro atoms. The molecular weight excluding hydrogens is 496 g/mol. The summed E-state index contributed by atoms with van der Waals surface area (Å²) in [4.78, 5) is 0. The Balaban J connectivity index is 0.00000304. The second-order valence-corrected chi connectivity index (χ2v) is 15.4. The van der Waals surface area contributed by atoms with Gasteiger partial charge in [0.2, 0.25) is 0 Å². The molecule has 0 amide bonds. The van der Waals surface area contributed by atoms with Crippen LogP contribution in [-0.4, -0.2) is 6.66 Å². The standard InChI is InChI=1S/C32H30NP2.ClH/c1-34(29-19-9-3-10-20-29,30-21-11-4-12-22-30)33-35(31-23-13-5-14-24-31,32-25-15-6-16-26-32)27-28-17-7-2-8-18-28;/h2-26H,27H2,1H3;1H/q+1;/p-1. The predicted octanol–water partition coefficient (Wildman–Crippen LogP) is 3.59. The lowest BCUT2D eigenvalue weighted by atomic mass is 10.2. The fourth-order valence-electron chi connectivity index (χ4n) is 4.66. The predicted molar refractivity (Wildman–Crippen MR) is 156 cm³/mol. The van der Waals surface area contributed by atoms with E-state index in [9.17, 15) is 0 Å². The zero-order valence-electron chi connectivity index (χ0n) is 20.4. The maximum absolute atomic E-state index is 6.14. The minimum absolute atomic E-state index is 0. The minimum atomic E-state index is -2.20. The third-order valence-electron chi connectivity index (χ3n) is 6.47. The highest BCUT2D eigenvalue weighted by molar-refractivity contribution is 7.86. The molecule has 0 fully saturated rings. The lowest BCUT2D eigenvalue weighted by molar-refractivity contribution is -0.00000701. The molecule has 1 nitrogen and oxygen atoms in total. The molecule has 0 saturated carbocycles. The molecular formula is C32H30ClNP2. The van der Waals surface area contributed by atoms with Crippen molar-refractivity contribution < 1.29 is 12.4 Å². The van der Waals surface area contributed by atoms with Crippen LogP contribution in [0.1, 0.15) is 5.56 Å². The number of benzene rings is 5. The molecule has 5 aromatic rings. The van der Waals surface area contributed by atoms with Gasteiger partial charge in [-0.3, -0.25) is 0 Å². The van der Waals surface area contributed by atoms with Crippen LogP contribution in [0.15, 0.2) is 152 Å². The first kappa shape index (κ1) is 26.0. The van der Waals surface area contributed by atoms with E-state index < -0.39 is 14.1 Å². The highest BCUT2D eigenvalue weighted by Gasteiger charge is 2.39. The molecule has 0 saturated heterocycles. The van der Waals surface area contributed by atoms with Crippen molar-refractivity contribution in [2.24, 2.45) is 0 Å². The first-order valence-corrected chi connectivity index (χ1v) is 16.1. The van der Waals surface area contributed by atoms with Gasteiger partial charge in [0, 0.05) is 6.66 Å². The van der Waals surface area contributed by atoms with E-state index in [1.807, 2.05) is 0 Å². The van der Waals surface area contributed by atoms with Crippen molar-refractivity contribution in [3.8, 4) is 0 Å². The van der Waals surface area contributed by atoms with Gasteiger partial charge in [-0.2, -0.15) is 4.17 Å². The quantitative estimate of drug-likeness (QED) is 0.238. The van der Waals surface area contributed by atoms with Crippen LogP contribution in [0.25, 0.3) is 0 Å². The Morgan fingerprint density at radius 1 is 0.444 bits per heavy atom. The SMILES string of the molecule is CP(=[N+]=P(Cc1ccccc1)(c1ccccc1)c1ccccc1)(c1ccccc1)c1ccccc1.[Cl-]. The summed E-state index contributed by atoms with van der Waals surface area (Å²) in [7, 11) is -4.29. The van der Waals surface area contributed by atoms with Crippen LogP contribution in [0.3, 0.4) is 0 Å². The molecule has 0 unspecified atom stereocenters. The summed E-state index contributed by atoms with van der Waals surface area (Å²) in [6, 6.07) is 54.7. The summed E-state index contributed by atoms with van der Waals surface area (Å²) < 4.78 is 6.14. The van der Waals surface area contributed by atoms with Crippen molar-refractivity contribution in [2.45, 2.75) is 6.16 Å². The second-order valence-electron chi connectivity index (χ2n) is 8.80. The Bertz CT molecular complexity index is 1410. The van der Waals surface area contributed by atoms with Gasteiger partial charge in [0.1, 0.15) is 0 Å². The van der Waals surface area contributed by atoms with Crippen LogP contribution in [0, 0.1) is 0 Å². The zero-order chi connectivity index (χ0) is 24.0. The Hall–Kier alpha value is -3.04. The van der Waals surface area contributed by atoms with Gasteiger partial charge in [-0.15, -0.1) is 0 Å². The lowest BCUT2D eigenvalue weighted by Crippen LogP contribution is -3.00. The summed E-state index contributed by atoms with van der Waals surface area (Å²) in [6.45, 7) is 2.39. The Kier molecular flexibility index (Phi) is 8.53. The Morgan fingerprint density at radius 2 is 0.750 bits per heavy atom. The second kappa shape index (κ2) is 11.8. The fraction of sp³-hybridized carbons (Fsp3) is 0.0625. The van der Waals surface area contributed by atoms with Crippen molar-refractivity contribution in [2.75, 3.05) is 6.66 Å². The van der Waals surface area contributed by atoms with E-state index in [0.29, 0.717) is 0 Å². The lowest BCUT2D eigenvalue weighted by Gasteiger charge is -2.18. The van der Waals surface area contributed by atoms with Gasteiger partial charge < -0.3 is 12.4 Å². The highest BCUT2D eigenvalue weighted by atomic mass is 35.5. The molecule has 36 heavy (non-hydrogen) atoms. The molecule has 4 heteroatoms. The van der Waals surface area contributed by atoms with E-state index >= 15 is 0 Å². The molecule has 0 atom stereocenters. The van der Waals surface area contributed by atoms with Gasteiger partial charge in [-0.25, -0.2) is 0 Å². The van der Waals surface area contributed by atoms with Crippen molar-refractivity contribution in [1.29, 1.82) is 0 Å². The van der Waals surface area contributed by atoms with Crippen molar-refractivity contribution in [3.63, 3.8) is 0 Å². The molecule has 0 aliphatic rings. The number of halogens is 1. The normalized spacial score (nSPS) is 11.2. The van der Waals surface area contributed by atoms with Gasteiger partial charge >= 0.3 is 0 Å². The van der Waals surface area contributed by atoms with Crippen LogP contribution >= 0.6 is 14.1 Å². The first-order valence-electron chi connectivity index (χ1n) is 12.0. The molecule has 0 aliphatic carbocycles. The van der Waals surface area contributed by atoms with Gasteiger partial charge in [0.15, 0.2) is 0 Å². The van der Waals surface area contributed by atoms with Gasteiger partial charge in [0.05, 0.1) is 27.4 Å². The zero-order valence-corrected chi connectivity index (χ0v) is 22.9. The van der Waals surface area contributed by atoms with Crippen LogP contribution in [0.4, 0.5) is 0 Å². The van der Waals surface area contributed by atoms with Crippen molar-refractivity contribution in [1.82, 2.24) is 4.17 Å². The van der Waals surface area contributed by atoms with Crippen LogP contribution in [0.5, 0.6) is 0 Å². The maximum atomic E-state index is 6.14. The van der Waals surface area contributed by atoms with Crippen molar-refractivity contribution in [3.05, 3.63) is 157 Å². The van der Waals surface area contributed by atoms with Gasteiger partial charge in [0.25, 0.3) is 14.1 Å². The molecule has 0 bridgehead atoms. The molecule has 0 heterocycles. The molecule has 5 rings (SSSR count). The average Bonchev–Trinajstić information content (AvgIpc) is 2.95. The van der Waals surface area contributed by atoms with Crippen LogP contribution < -0.4 is 37.8 Å². The van der Waals surface area contributed by atoms with E-state index in [2.05, 4.69) is 158 Å². The number of hydrogen-bond acceptors (Lipinski definition) is 0. The van der Waals surface area contributed by atoms with E-state index in [1.165, 1.54) is 26.8 Å². The summed E-state index contributed by atoms with van der Waals surface area (Å²) in [6.07, 6.45) is 0.900. The monoisotopic (exact) mass is 525 g/mol. The summed E-state index contributed by atoms with van der Waals surface area (Å²) in [5.41, 5.74) is 1.32. The number of rotatable bonds is 6. The van der Waals surface area contributed by atoms with Gasteiger partial charge in [-0.1, -0.05) is 103 Å². The number of hydrogen-bond donors (Lipinski definition) is 0. The molecule has 0 aliphatic heterocycles. The van der Waals surface area contributed by atoms with Gasteiger partial charge in [-0.05, 0) is 54.1 Å². The van der Waals surface area contributed by atoms with E-state index in [0.717, 1.165) is 6.16 Å². The molecule has 0 radical (unpaired) electrons. The van der Waals surface area contributed by atoms with E-state index in [4.69, 9.17) is 4.17 Å². The Morgan fingerprint density at radius 3 is 1.11 bits per heavy atom. The smallest absolute Gasteiger partial charge is 0.277 e. The highest BCUT2D eigenvalue weighted by Crippen LogP contribution is 2.51. The molecule has 0 N–H and O–H groups in total. The first-order chi connectivity index (χ1) is 17.2. The minimum Gasteiger partial charge on any atom is -1.00 e. The van der Waals surface area contributed by atoms with E-state index in [-0.39, 0.29) is 12.4 Å². The average molecular weight is 526 g/mol. The molecule has 5 aromatic carbocycles. The third-order valence-corrected chi connectivity index (χ3v) is 14.9. The largest absolute Gasteiger partial charge is 1.00 e. The maximum Gasteiger partial charge on any atom is 0.277 e. The molecule has 0 aromatic heterocycles. The summed E-state index contributed by atoms with van der Waals surface area (Å²) in [5.74, 6) is 0. The van der Waals surface area contributed by atoms with Crippen LogP contribution in [-0.2, 0) is 6.16 Å². The third kappa shape index (κ3) is 5.37. The van der Waals surface area contributed by atoms with E-state index in [1.54, 1.807) is 0 Å². The number of nitrogens with zero attached hydrogens (tertiary/aromatic N) is 1. The topological polar surface area (TPSA) is 14.1 Å². The van der Waals surface area contributed by atoms with Crippen LogP contribution in [0.2, 0.25) is 0 Å². The molecule has 180 valence electrons. The Labute approximate surface area is 221 Å². The summed E-state index contributed by atoms with van der Waals surface area (Å²) >= 11 is 0. The van der Waals surface area contributed by atoms with Crippen molar-refractivity contribution >= 4 is 35.3 Å².